The summed E-state index contributed by atoms with van der Waals surface area (Å²) in [4.78, 5) is 13.2. The lowest BCUT2D eigenvalue weighted by molar-refractivity contribution is -0.140. The highest BCUT2D eigenvalue weighted by Gasteiger charge is 2.39. The molecule has 1 heterocycles. The molecular formula is C14H18FNO2. The largest absolute Gasteiger partial charge is 0.481 e. The molecule has 0 aromatic heterocycles. The van der Waals surface area contributed by atoms with Gasteiger partial charge in [-0.3, -0.25) is 9.69 Å². The van der Waals surface area contributed by atoms with Crippen LogP contribution in [-0.4, -0.2) is 29.1 Å². The Hall–Kier alpha value is -1.42. The Labute approximate surface area is 106 Å². The summed E-state index contributed by atoms with van der Waals surface area (Å²) in [5.41, 5.74) is -0.275. The number of hydrogen-bond donors (Lipinski definition) is 1. The minimum atomic E-state index is -0.896. The van der Waals surface area contributed by atoms with Crippen molar-refractivity contribution in [1.29, 1.82) is 0 Å². The molecule has 18 heavy (non-hydrogen) atoms. The first-order valence-corrected chi connectivity index (χ1v) is 6.26. The fourth-order valence-electron chi connectivity index (χ4n) is 2.78. The van der Waals surface area contributed by atoms with Gasteiger partial charge in [-0.1, -0.05) is 18.2 Å². The summed E-state index contributed by atoms with van der Waals surface area (Å²) < 4.78 is 14.0. The van der Waals surface area contributed by atoms with Crippen molar-refractivity contribution in [2.45, 2.75) is 31.7 Å². The number of carboxylic acid groups (broad SMARTS) is 1. The molecule has 1 unspecified atom stereocenters. The van der Waals surface area contributed by atoms with Crippen LogP contribution in [-0.2, 0) is 10.3 Å². The zero-order valence-corrected chi connectivity index (χ0v) is 10.5. The van der Waals surface area contributed by atoms with E-state index >= 15 is 0 Å². The molecule has 0 amide bonds. The minimum Gasteiger partial charge on any atom is -0.481 e. The van der Waals surface area contributed by atoms with E-state index in [-0.39, 0.29) is 12.2 Å². The molecule has 1 saturated heterocycles. The SMILES string of the molecule is CC(CC(=O)O)(c1ccccc1F)N1CCCC1. The van der Waals surface area contributed by atoms with Crippen molar-refractivity contribution in [1.82, 2.24) is 4.90 Å². The van der Waals surface area contributed by atoms with Crippen molar-refractivity contribution < 1.29 is 14.3 Å². The standard InChI is InChI=1S/C14H18FNO2/c1-14(10-13(17)18,16-8-4-5-9-16)11-6-2-3-7-12(11)15/h2-3,6-7H,4-5,8-10H2,1H3,(H,17,18). The monoisotopic (exact) mass is 251 g/mol. The maximum Gasteiger partial charge on any atom is 0.305 e. The third kappa shape index (κ3) is 2.38. The maximum absolute atomic E-state index is 14.0. The van der Waals surface area contributed by atoms with E-state index < -0.39 is 11.5 Å². The third-order valence-electron chi connectivity index (χ3n) is 3.75. The highest BCUT2D eigenvalue weighted by molar-refractivity contribution is 5.69. The predicted octanol–water partition coefficient (Wildman–Crippen LogP) is 2.61. The van der Waals surface area contributed by atoms with Crippen LogP contribution < -0.4 is 0 Å². The quantitative estimate of drug-likeness (QED) is 0.894. The van der Waals surface area contributed by atoms with Crippen LogP contribution in [0.25, 0.3) is 0 Å². The zero-order chi connectivity index (χ0) is 13.2. The molecule has 3 nitrogen and oxygen atoms in total. The second-order valence-electron chi connectivity index (χ2n) is 5.02. The second-order valence-corrected chi connectivity index (χ2v) is 5.02. The van der Waals surface area contributed by atoms with Crippen molar-refractivity contribution in [3.63, 3.8) is 0 Å². The average molecular weight is 251 g/mol. The number of carbonyl (C=O) groups is 1. The zero-order valence-electron chi connectivity index (χ0n) is 10.5. The summed E-state index contributed by atoms with van der Waals surface area (Å²) in [7, 11) is 0. The molecule has 1 aromatic rings. The first-order chi connectivity index (χ1) is 8.54. The van der Waals surface area contributed by atoms with E-state index in [0.717, 1.165) is 25.9 Å². The molecule has 0 aliphatic carbocycles. The fourth-order valence-corrected chi connectivity index (χ4v) is 2.78. The van der Waals surface area contributed by atoms with Crippen LogP contribution in [0.1, 0.15) is 31.7 Å². The number of likely N-dealkylation sites (tertiary alicyclic amines) is 1. The van der Waals surface area contributed by atoms with Crippen LogP contribution in [0.5, 0.6) is 0 Å². The van der Waals surface area contributed by atoms with Crippen LogP contribution in [0.3, 0.4) is 0 Å². The van der Waals surface area contributed by atoms with Gasteiger partial charge in [0.1, 0.15) is 5.82 Å². The Morgan fingerprint density at radius 1 is 1.39 bits per heavy atom. The molecule has 0 radical (unpaired) electrons. The van der Waals surface area contributed by atoms with Gasteiger partial charge in [-0.15, -0.1) is 0 Å². The topological polar surface area (TPSA) is 40.5 Å². The Kier molecular flexibility index (Phi) is 3.66. The third-order valence-corrected chi connectivity index (χ3v) is 3.75. The van der Waals surface area contributed by atoms with Crippen molar-refractivity contribution in [2.75, 3.05) is 13.1 Å². The maximum atomic E-state index is 14.0. The summed E-state index contributed by atoms with van der Waals surface area (Å²) in [5.74, 6) is -1.22. The van der Waals surface area contributed by atoms with Gasteiger partial charge < -0.3 is 5.11 Å². The number of rotatable bonds is 4. The highest BCUT2D eigenvalue weighted by Crippen LogP contribution is 2.36. The lowest BCUT2D eigenvalue weighted by Crippen LogP contribution is -2.44. The van der Waals surface area contributed by atoms with Gasteiger partial charge in [0, 0.05) is 5.56 Å². The van der Waals surface area contributed by atoms with E-state index in [4.69, 9.17) is 5.11 Å². The number of halogens is 1. The van der Waals surface area contributed by atoms with E-state index in [1.54, 1.807) is 18.2 Å². The van der Waals surface area contributed by atoms with E-state index in [1.165, 1.54) is 6.07 Å². The number of aliphatic carboxylic acids is 1. The van der Waals surface area contributed by atoms with Gasteiger partial charge in [-0.2, -0.15) is 0 Å². The first kappa shape index (κ1) is 13.0. The van der Waals surface area contributed by atoms with Gasteiger partial charge in [0.25, 0.3) is 0 Å². The normalized spacial score (nSPS) is 19.7. The summed E-state index contributed by atoms with van der Waals surface area (Å²) in [6.07, 6.45) is 2.02. The Bertz CT molecular complexity index is 443. The fraction of sp³-hybridized carbons (Fsp3) is 0.500. The van der Waals surface area contributed by atoms with E-state index in [9.17, 15) is 9.18 Å². The smallest absolute Gasteiger partial charge is 0.305 e. The van der Waals surface area contributed by atoms with Crippen molar-refractivity contribution in [3.8, 4) is 0 Å². The van der Waals surface area contributed by atoms with E-state index in [1.807, 2.05) is 6.92 Å². The van der Waals surface area contributed by atoms with Crippen LogP contribution in [0.15, 0.2) is 24.3 Å². The van der Waals surface area contributed by atoms with Gasteiger partial charge in [0.05, 0.1) is 12.0 Å². The van der Waals surface area contributed by atoms with E-state index in [2.05, 4.69) is 4.90 Å². The molecule has 1 aliphatic rings. The number of hydrogen-bond acceptors (Lipinski definition) is 2. The van der Waals surface area contributed by atoms with Crippen molar-refractivity contribution >= 4 is 5.97 Å². The molecule has 0 spiro atoms. The van der Waals surface area contributed by atoms with Crippen LogP contribution >= 0.6 is 0 Å². The molecule has 1 fully saturated rings. The lowest BCUT2D eigenvalue weighted by Gasteiger charge is -2.38. The van der Waals surface area contributed by atoms with Crippen LogP contribution in [0, 0.1) is 5.82 Å². The van der Waals surface area contributed by atoms with Crippen molar-refractivity contribution in [3.05, 3.63) is 35.6 Å². The van der Waals surface area contributed by atoms with Crippen LogP contribution in [0.2, 0.25) is 0 Å². The summed E-state index contributed by atoms with van der Waals surface area (Å²) in [6.45, 7) is 3.49. The molecule has 1 N–H and O–H groups in total. The molecular weight excluding hydrogens is 233 g/mol. The first-order valence-electron chi connectivity index (χ1n) is 6.26. The number of carboxylic acids is 1. The van der Waals surface area contributed by atoms with Crippen LogP contribution in [0.4, 0.5) is 4.39 Å². The Morgan fingerprint density at radius 2 is 2.00 bits per heavy atom. The van der Waals surface area contributed by atoms with Crippen molar-refractivity contribution in [2.24, 2.45) is 0 Å². The Morgan fingerprint density at radius 3 is 2.56 bits per heavy atom. The molecule has 1 atom stereocenters. The molecule has 2 rings (SSSR count). The van der Waals surface area contributed by atoms with Gasteiger partial charge in [-0.05, 0) is 38.9 Å². The summed E-state index contributed by atoms with van der Waals surface area (Å²) in [6, 6.07) is 6.47. The van der Waals surface area contributed by atoms with Gasteiger partial charge in [-0.25, -0.2) is 4.39 Å². The lowest BCUT2D eigenvalue weighted by atomic mass is 9.86. The average Bonchev–Trinajstić information content (AvgIpc) is 2.82. The number of nitrogens with zero attached hydrogens (tertiary/aromatic N) is 1. The van der Waals surface area contributed by atoms with Gasteiger partial charge in [0.15, 0.2) is 0 Å². The molecule has 0 bridgehead atoms. The van der Waals surface area contributed by atoms with Gasteiger partial charge >= 0.3 is 5.97 Å². The predicted molar refractivity (Wildman–Crippen MR) is 66.8 cm³/mol. The minimum absolute atomic E-state index is 0.0755. The molecule has 4 heteroatoms. The summed E-state index contributed by atoms with van der Waals surface area (Å²) >= 11 is 0. The Balaban J connectivity index is 2.41. The molecule has 1 aliphatic heterocycles. The van der Waals surface area contributed by atoms with E-state index in [0.29, 0.717) is 5.56 Å². The number of benzene rings is 1. The molecule has 1 aromatic carbocycles. The van der Waals surface area contributed by atoms with Gasteiger partial charge in [0.2, 0.25) is 0 Å². The summed E-state index contributed by atoms with van der Waals surface area (Å²) in [5, 5.41) is 9.11. The molecule has 0 saturated carbocycles. The second kappa shape index (κ2) is 5.06. The highest BCUT2D eigenvalue weighted by atomic mass is 19.1. The molecule has 98 valence electrons.